The molecule has 0 bridgehead atoms. The van der Waals surface area contributed by atoms with Crippen molar-refractivity contribution in [2.45, 2.75) is 38.5 Å². The van der Waals surface area contributed by atoms with E-state index in [9.17, 15) is 0 Å². The number of fused-ring (bicyclic) bond motifs is 7. The summed E-state index contributed by atoms with van der Waals surface area (Å²) in [6.07, 6.45) is 0. The van der Waals surface area contributed by atoms with Crippen molar-refractivity contribution in [2.75, 3.05) is 4.90 Å². The van der Waals surface area contributed by atoms with E-state index in [2.05, 4.69) is 233 Å². The standard InChI is InChI=1S/C58H45N/c1-57(2)53-24-9-7-19-49(53)51-35-30-41(37-55(51)57)38-26-31-43(32-27-38)59(44-33-28-40(29-34-44)47-21-12-15-39-14-5-6-18-46(39)47)45-17-11-16-42(36-45)48-22-13-23-52-50-20-8-10-25-54(50)58(3,4)56(48)52/h5-37H,1-4H3. The van der Waals surface area contributed by atoms with Crippen LogP contribution in [0.3, 0.4) is 0 Å². The maximum Gasteiger partial charge on any atom is 0.0467 e. The molecule has 0 radical (unpaired) electrons. The van der Waals surface area contributed by atoms with Gasteiger partial charge in [0.25, 0.3) is 0 Å². The molecular weight excluding hydrogens is 711 g/mol. The fourth-order valence-corrected chi connectivity index (χ4v) is 10.3. The minimum atomic E-state index is -0.110. The Labute approximate surface area is 347 Å². The normalized spacial score (nSPS) is 14.0. The quantitative estimate of drug-likeness (QED) is 0.163. The molecule has 1 heteroatoms. The SMILES string of the molecule is CC1(C)c2ccccc2-c2ccc(-c3ccc(N(c4ccc(-c5cccc6ccccc56)cc4)c4cccc(-c5cccc6c5C(C)(C)c5ccccc5-6)c4)cc3)cc21. The summed E-state index contributed by atoms with van der Waals surface area (Å²) in [5.41, 5.74) is 21.6. The molecule has 0 saturated heterocycles. The zero-order valence-electron chi connectivity index (χ0n) is 34.0. The fourth-order valence-electron chi connectivity index (χ4n) is 10.3. The maximum atomic E-state index is 2.41. The topological polar surface area (TPSA) is 3.24 Å². The lowest BCUT2D eigenvalue weighted by atomic mass is 9.79. The van der Waals surface area contributed by atoms with Gasteiger partial charge in [-0.15, -0.1) is 0 Å². The molecule has 282 valence electrons. The van der Waals surface area contributed by atoms with Crippen molar-refractivity contribution in [3.8, 4) is 55.6 Å². The van der Waals surface area contributed by atoms with Crippen LogP contribution in [0.2, 0.25) is 0 Å². The van der Waals surface area contributed by atoms with Crippen molar-refractivity contribution in [2.24, 2.45) is 0 Å². The third kappa shape index (κ3) is 5.53. The van der Waals surface area contributed by atoms with Gasteiger partial charge in [0.15, 0.2) is 0 Å². The van der Waals surface area contributed by atoms with Gasteiger partial charge in [-0.3, -0.25) is 0 Å². The Balaban J connectivity index is 1.01. The van der Waals surface area contributed by atoms with E-state index in [0.29, 0.717) is 0 Å². The Hall–Kier alpha value is -6.96. The summed E-state index contributed by atoms with van der Waals surface area (Å²) in [7, 11) is 0. The third-order valence-corrected chi connectivity index (χ3v) is 13.3. The summed E-state index contributed by atoms with van der Waals surface area (Å²) in [4.78, 5) is 2.41. The molecule has 0 heterocycles. The molecule has 0 spiro atoms. The van der Waals surface area contributed by atoms with Crippen LogP contribution in [-0.2, 0) is 10.8 Å². The first-order chi connectivity index (χ1) is 28.8. The first-order valence-electron chi connectivity index (χ1n) is 20.8. The summed E-state index contributed by atoms with van der Waals surface area (Å²) in [5.74, 6) is 0. The molecule has 59 heavy (non-hydrogen) atoms. The van der Waals surface area contributed by atoms with Gasteiger partial charge in [-0.2, -0.15) is 0 Å². The lowest BCUT2D eigenvalue weighted by Crippen LogP contribution is -2.16. The Kier molecular flexibility index (Phi) is 7.94. The first-order valence-corrected chi connectivity index (χ1v) is 20.8. The van der Waals surface area contributed by atoms with E-state index >= 15 is 0 Å². The van der Waals surface area contributed by atoms with Gasteiger partial charge in [0, 0.05) is 27.9 Å². The van der Waals surface area contributed by atoms with Crippen molar-refractivity contribution in [3.63, 3.8) is 0 Å². The monoisotopic (exact) mass is 755 g/mol. The van der Waals surface area contributed by atoms with Crippen molar-refractivity contribution in [3.05, 3.63) is 222 Å². The van der Waals surface area contributed by atoms with Crippen LogP contribution in [0.1, 0.15) is 49.9 Å². The maximum absolute atomic E-state index is 2.41. The number of nitrogens with zero attached hydrogens (tertiary/aromatic N) is 1. The molecule has 0 aliphatic heterocycles. The molecule has 0 unspecified atom stereocenters. The molecule has 0 N–H and O–H groups in total. The van der Waals surface area contributed by atoms with Crippen molar-refractivity contribution in [1.82, 2.24) is 0 Å². The molecule has 1 nitrogen and oxygen atoms in total. The van der Waals surface area contributed by atoms with Gasteiger partial charge in [-0.25, -0.2) is 0 Å². The molecule has 0 aromatic heterocycles. The molecule has 0 amide bonds. The molecule has 2 aliphatic rings. The molecule has 11 rings (SSSR count). The molecule has 0 saturated carbocycles. The van der Waals surface area contributed by atoms with Crippen LogP contribution < -0.4 is 4.90 Å². The summed E-state index contributed by atoms with van der Waals surface area (Å²) in [5, 5.41) is 2.52. The number of rotatable bonds is 6. The van der Waals surface area contributed by atoms with E-state index in [4.69, 9.17) is 0 Å². The highest BCUT2D eigenvalue weighted by atomic mass is 15.1. The average molecular weight is 756 g/mol. The summed E-state index contributed by atoms with van der Waals surface area (Å²) >= 11 is 0. The van der Waals surface area contributed by atoms with E-state index in [1.54, 1.807) is 0 Å². The van der Waals surface area contributed by atoms with E-state index in [-0.39, 0.29) is 10.8 Å². The van der Waals surface area contributed by atoms with Gasteiger partial charge >= 0.3 is 0 Å². The van der Waals surface area contributed by atoms with Crippen molar-refractivity contribution >= 4 is 27.8 Å². The first kappa shape index (κ1) is 35.2. The second-order valence-electron chi connectivity index (χ2n) is 17.3. The van der Waals surface area contributed by atoms with Crippen LogP contribution in [0, 0.1) is 0 Å². The van der Waals surface area contributed by atoms with Gasteiger partial charge in [-0.05, 0) is 131 Å². The number of hydrogen-bond acceptors (Lipinski definition) is 1. The molecule has 2 aliphatic carbocycles. The highest BCUT2D eigenvalue weighted by molar-refractivity contribution is 5.97. The Bertz CT molecular complexity index is 3080. The second kappa shape index (κ2) is 13.3. The van der Waals surface area contributed by atoms with E-state index in [1.165, 1.54) is 88.7 Å². The minimum Gasteiger partial charge on any atom is -0.310 e. The number of hydrogen-bond donors (Lipinski definition) is 0. The minimum absolute atomic E-state index is 0.0429. The third-order valence-electron chi connectivity index (χ3n) is 13.3. The molecule has 0 atom stereocenters. The van der Waals surface area contributed by atoms with Crippen LogP contribution in [0.15, 0.2) is 200 Å². The van der Waals surface area contributed by atoms with E-state index < -0.39 is 0 Å². The van der Waals surface area contributed by atoms with Crippen LogP contribution in [0.25, 0.3) is 66.4 Å². The number of benzene rings is 9. The molecule has 9 aromatic rings. The average Bonchev–Trinajstić information content (AvgIpc) is 3.66. The van der Waals surface area contributed by atoms with Crippen molar-refractivity contribution < 1.29 is 0 Å². The number of anilines is 3. The van der Waals surface area contributed by atoms with Gasteiger partial charge in [0.2, 0.25) is 0 Å². The second-order valence-corrected chi connectivity index (χ2v) is 17.3. The predicted molar refractivity (Wildman–Crippen MR) is 250 cm³/mol. The van der Waals surface area contributed by atoms with Crippen LogP contribution >= 0.6 is 0 Å². The summed E-state index contributed by atoms with van der Waals surface area (Å²) in [6, 6.07) is 74.2. The van der Waals surface area contributed by atoms with Crippen molar-refractivity contribution in [1.29, 1.82) is 0 Å². The Morgan fingerprint density at radius 2 is 0.831 bits per heavy atom. The zero-order valence-corrected chi connectivity index (χ0v) is 34.0. The molecule has 9 aromatic carbocycles. The predicted octanol–water partition coefficient (Wildman–Crippen LogP) is 15.9. The van der Waals surface area contributed by atoms with E-state index in [1.807, 2.05) is 0 Å². The smallest absolute Gasteiger partial charge is 0.0467 e. The Morgan fingerprint density at radius 3 is 1.59 bits per heavy atom. The Morgan fingerprint density at radius 1 is 0.305 bits per heavy atom. The molecule has 0 fully saturated rings. The van der Waals surface area contributed by atoms with Crippen LogP contribution in [-0.4, -0.2) is 0 Å². The van der Waals surface area contributed by atoms with Gasteiger partial charge < -0.3 is 4.90 Å². The van der Waals surface area contributed by atoms with Crippen LogP contribution in [0.4, 0.5) is 17.1 Å². The lowest BCUT2D eigenvalue weighted by Gasteiger charge is -2.28. The van der Waals surface area contributed by atoms with E-state index in [0.717, 1.165) is 17.1 Å². The summed E-state index contributed by atoms with van der Waals surface area (Å²) < 4.78 is 0. The highest BCUT2D eigenvalue weighted by Crippen LogP contribution is 2.53. The largest absolute Gasteiger partial charge is 0.310 e. The highest BCUT2D eigenvalue weighted by Gasteiger charge is 2.38. The van der Waals surface area contributed by atoms with Gasteiger partial charge in [0.1, 0.15) is 0 Å². The molecular formula is C58H45N. The van der Waals surface area contributed by atoms with Gasteiger partial charge in [0.05, 0.1) is 0 Å². The van der Waals surface area contributed by atoms with Gasteiger partial charge in [-0.1, -0.05) is 185 Å². The lowest BCUT2D eigenvalue weighted by molar-refractivity contribution is 0.660. The van der Waals surface area contributed by atoms with Crippen LogP contribution in [0.5, 0.6) is 0 Å². The fraction of sp³-hybridized carbons (Fsp3) is 0.103. The summed E-state index contributed by atoms with van der Waals surface area (Å²) in [6.45, 7) is 9.45. The zero-order chi connectivity index (χ0) is 39.9.